The number of halogens is 2. The lowest BCUT2D eigenvalue weighted by molar-refractivity contribution is -0.146. The van der Waals surface area contributed by atoms with E-state index in [1.807, 2.05) is 73.7 Å². The van der Waals surface area contributed by atoms with Crippen LogP contribution in [0.5, 0.6) is 0 Å². The molecule has 5 rings (SSSR count). The van der Waals surface area contributed by atoms with Gasteiger partial charge in [-0.2, -0.15) is 0 Å². The molecule has 2 aromatic carbocycles. The SMILES string of the molecule is C=CC[C@H]1CC[C@@H](c2ccc(Cl)cc2)N(C(CN(C)S(=O)C2CC2)C2CC2)C1=O.CC.Clc1ccccc1. The summed E-state index contributed by atoms with van der Waals surface area (Å²) in [5.74, 6) is 0.755. The maximum absolute atomic E-state index is 13.6. The van der Waals surface area contributed by atoms with Gasteiger partial charge >= 0.3 is 0 Å². The Hall–Kier alpha value is -1.66. The van der Waals surface area contributed by atoms with E-state index in [-0.39, 0.29) is 23.9 Å². The summed E-state index contributed by atoms with van der Waals surface area (Å²) < 4.78 is 14.7. The van der Waals surface area contributed by atoms with E-state index >= 15 is 0 Å². The Bertz CT molecular complexity index is 1040. The molecule has 4 nitrogen and oxygen atoms in total. The molecule has 0 radical (unpaired) electrons. The lowest BCUT2D eigenvalue weighted by atomic mass is 9.84. The van der Waals surface area contributed by atoms with Crippen molar-refractivity contribution in [1.82, 2.24) is 9.21 Å². The molecule has 3 aliphatic rings. The first kappa shape index (κ1) is 30.9. The monoisotopic (exact) mass is 576 g/mol. The van der Waals surface area contributed by atoms with Crippen LogP contribution in [0, 0.1) is 11.8 Å². The molecule has 0 spiro atoms. The van der Waals surface area contributed by atoms with Crippen molar-refractivity contribution in [2.45, 2.75) is 76.1 Å². The maximum atomic E-state index is 13.6. The zero-order chi connectivity index (χ0) is 27.7. The molecule has 0 bridgehead atoms. The predicted octanol–water partition coefficient (Wildman–Crippen LogP) is 8.10. The third-order valence-corrected chi connectivity index (χ3v) is 9.56. The van der Waals surface area contributed by atoms with Gasteiger partial charge in [0.25, 0.3) is 0 Å². The van der Waals surface area contributed by atoms with Gasteiger partial charge in [0, 0.05) is 33.8 Å². The summed E-state index contributed by atoms with van der Waals surface area (Å²) in [5, 5.41) is 1.82. The van der Waals surface area contributed by atoms with E-state index < -0.39 is 11.0 Å². The number of piperidine rings is 1. The van der Waals surface area contributed by atoms with Crippen LogP contribution in [0.1, 0.15) is 70.4 Å². The minimum atomic E-state index is -0.940. The molecular formula is C31H42Cl2N2O2S. The number of nitrogens with zero attached hydrogens (tertiary/aromatic N) is 2. The van der Waals surface area contributed by atoms with Crippen molar-refractivity contribution in [3.8, 4) is 0 Å². The number of rotatable bonds is 9. The predicted molar refractivity (Wildman–Crippen MR) is 162 cm³/mol. The summed E-state index contributed by atoms with van der Waals surface area (Å²) in [6, 6.07) is 17.6. The Balaban J connectivity index is 0.000000381. The van der Waals surface area contributed by atoms with Gasteiger partial charge in [-0.15, -0.1) is 6.58 Å². The van der Waals surface area contributed by atoms with E-state index in [1.54, 1.807) is 0 Å². The van der Waals surface area contributed by atoms with Gasteiger partial charge in [-0.05, 0) is 87.7 Å². The van der Waals surface area contributed by atoms with Crippen molar-refractivity contribution in [3.63, 3.8) is 0 Å². The molecule has 2 unspecified atom stereocenters. The quantitative estimate of drug-likeness (QED) is 0.283. The van der Waals surface area contributed by atoms with E-state index in [1.165, 1.54) is 0 Å². The topological polar surface area (TPSA) is 40.6 Å². The average Bonchev–Trinajstić information content (AvgIpc) is 3.85. The number of likely N-dealkylation sites (N-methyl/N-ethyl adjacent to an activating group) is 1. The van der Waals surface area contributed by atoms with Gasteiger partial charge in [0.2, 0.25) is 5.91 Å². The fourth-order valence-electron chi connectivity index (χ4n) is 5.03. The van der Waals surface area contributed by atoms with Gasteiger partial charge in [-0.1, -0.05) is 73.5 Å². The summed E-state index contributed by atoms with van der Waals surface area (Å²) in [6.45, 7) is 8.54. The molecule has 0 aromatic heterocycles. The molecule has 7 heteroatoms. The number of allylic oxidation sites excluding steroid dienone is 1. The van der Waals surface area contributed by atoms with Crippen molar-refractivity contribution < 1.29 is 9.00 Å². The molecule has 3 fully saturated rings. The van der Waals surface area contributed by atoms with Crippen LogP contribution in [0.3, 0.4) is 0 Å². The fraction of sp³-hybridized carbons (Fsp3) is 0.516. The Morgan fingerprint density at radius 2 is 1.58 bits per heavy atom. The van der Waals surface area contributed by atoms with Crippen LogP contribution in [0.25, 0.3) is 0 Å². The zero-order valence-electron chi connectivity index (χ0n) is 22.9. The Morgan fingerprint density at radius 3 is 2.08 bits per heavy atom. The molecule has 2 aromatic rings. The second kappa shape index (κ2) is 15.2. The molecule has 38 heavy (non-hydrogen) atoms. The van der Waals surface area contributed by atoms with Crippen LogP contribution in [0.4, 0.5) is 0 Å². The van der Waals surface area contributed by atoms with Gasteiger partial charge < -0.3 is 4.90 Å². The molecule has 208 valence electrons. The molecule has 1 saturated heterocycles. The highest BCUT2D eigenvalue weighted by Crippen LogP contribution is 2.44. The van der Waals surface area contributed by atoms with Crippen molar-refractivity contribution in [1.29, 1.82) is 0 Å². The minimum Gasteiger partial charge on any atom is -0.331 e. The molecule has 1 aliphatic heterocycles. The number of carbonyl (C=O) groups excluding carboxylic acids is 1. The van der Waals surface area contributed by atoms with Crippen molar-refractivity contribution in [3.05, 3.63) is 82.9 Å². The highest BCUT2D eigenvalue weighted by Gasteiger charge is 2.46. The molecular weight excluding hydrogens is 535 g/mol. The molecule has 2 saturated carbocycles. The standard InChI is InChI=1S/C23H31ClN2O2S.C6H5Cl.C2H6/c1-3-4-18-9-14-21(16-7-10-19(24)11-8-16)26(23(18)27)22(17-5-6-17)15-25(2)29(28)20-12-13-20;7-6-4-2-1-3-5-6;1-2/h3,7-8,10-11,17-18,20-22H,1,4-6,9,12-15H2,2H3;1-5H;1-2H3/t18-,21-,22?,29?;;/m0../s1. The first-order valence-electron chi connectivity index (χ1n) is 13.9. The summed E-state index contributed by atoms with van der Waals surface area (Å²) in [5.41, 5.74) is 1.15. The van der Waals surface area contributed by atoms with Crippen LogP contribution >= 0.6 is 23.2 Å². The summed E-state index contributed by atoms with van der Waals surface area (Å²) in [7, 11) is 1.02. The minimum absolute atomic E-state index is 0.0107. The number of hydrogen-bond donors (Lipinski definition) is 0. The van der Waals surface area contributed by atoms with Gasteiger partial charge in [0.1, 0.15) is 0 Å². The van der Waals surface area contributed by atoms with Crippen molar-refractivity contribution in [2.24, 2.45) is 11.8 Å². The largest absolute Gasteiger partial charge is 0.331 e. The number of carbonyl (C=O) groups is 1. The first-order chi connectivity index (χ1) is 18.4. The van der Waals surface area contributed by atoms with Gasteiger partial charge in [0.15, 0.2) is 0 Å². The number of benzene rings is 2. The van der Waals surface area contributed by atoms with E-state index in [4.69, 9.17) is 23.2 Å². The van der Waals surface area contributed by atoms with E-state index in [0.717, 1.165) is 55.5 Å². The summed E-state index contributed by atoms with van der Waals surface area (Å²) >= 11 is 11.6. The zero-order valence-corrected chi connectivity index (χ0v) is 25.2. The Labute approximate surface area is 242 Å². The van der Waals surface area contributed by atoms with Crippen LogP contribution < -0.4 is 0 Å². The van der Waals surface area contributed by atoms with Gasteiger partial charge in [0.05, 0.1) is 17.0 Å². The van der Waals surface area contributed by atoms with E-state index in [0.29, 0.717) is 22.7 Å². The second-order valence-electron chi connectivity index (χ2n) is 10.1. The molecule has 1 heterocycles. The third kappa shape index (κ3) is 8.67. The number of amides is 1. The molecule has 1 amide bonds. The first-order valence-corrected chi connectivity index (χ1v) is 15.8. The number of hydrogen-bond acceptors (Lipinski definition) is 2. The lowest BCUT2D eigenvalue weighted by Crippen LogP contribution is -2.53. The normalized spacial score (nSPS) is 22.5. The summed E-state index contributed by atoms with van der Waals surface area (Å²) in [6.07, 6.45) is 8.84. The van der Waals surface area contributed by atoms with Crippen molar-refractivity contribution in [2.75, 3.05) is 13.6 Å². The fourth-order valence-corrected chi connectivity index (χ4v) is 6.65. The second-order valence-corrected chi connectivity index (χ2v) is 12.8. The Kier molecular flexibility index (Phi) is 12.4. The van der Waals surface area contributed by atoms with E-state index in [2.05, 4.69) is 23.6 Å². The van der Waals surface area contributed by atoms with Crippen LogP contribution in [0.15, 0.2) is 67.3 Å². The highest BCUT2D eigenvalue weighted by molar-refractivity contribution is 7.83. The molecule has 0 N–H and O–H groups in total. The van der Waals surface area contributed by atoms with Crippen molar-refractivity contribution >= 4 is 40.1 Å². The van der Waals surface area contributed by atoms with Crippen LogP contribution in [-0.4, -0.2) is 44.2 Å². The van der Waals surface area contributed by atoms with E-state index in [9.17, 15) is 9.00 Å². The molecule has 4 atom stereocenters. The number of likely N-dealkylation sites (tertiary alicyclic amines) is 1. The smallest absolute Gasteiger partial charge is 0.226 e. The lowest BCUT2D eigenvalue weighted by Gasteiger charge is -2.45. The third-order valence-electron chi connectivity index (χ3n) is 7.25. The maximum Gasteiger partial charge on any atom is 0.226 e. The van der Waals surface area contributed by atoms with Crippen LogP contribution in [-0.2, 0) is 15.8 Å². The average molecular weight is 578 g/mol. The summed E-state index contributed by atoms with van der Waals surface area (Å²) in [4.78, 5) is 15.7. The van der Waals surface area contributed by atoms with Crippen LogP contribution in [0.2, 0.25) is 10.0 Å². The Morgan fingerprint density at radius 1 is 0.974 bits per heavy atom. The van der Waals surface area contributed by atoms with Gasteiger partial charge in [-0.3, -0.25) is 4.79 Å². The van der Waals surface area contributed by atoms with Gasteiger partial charge in [-0.25, -0.2) is 8.51 Å². The molecule has 2 aliphatic carbocycles. The highest BCUT2D eigenvalue weighted by atomic mass is 35.5.